The Morgan fingerprint density at radius 2 is 1.84 bits per heavy atom. The number of ether oxygens (including phenoxy) is 1. The first-order valence-electron chi connectivity index (χ1n) is 12.6. The molecule has 1 aromatic heterocycles. The number of nitrogens with zero attached hydrogens (tertiary/aromatic N) is 2. The number of hydrogen-bond donors (Lipinski definition) is 2. The number of amides is 2. The third-order valence-electron chi connectivity index (χ3n) is 6.57. The van der Waals surface area contributed by atoms with Crippen LogP contribution in [0.25, 0.3) is 10.9 Å². The maximum absolute atomic E-state index is 14.2. The molecule has 1 aliphatic rings. The molecule has 2 aromatic carbocycles. The number of carbonyl (C=O) groups excluding carboxylic acids is 2. The van der Waals surface area contributed by atoms with E-state index >= 15 is 0 Å². The number of aromatic nitrogens is 1. The van der Waals surface area contributed by atoms with E-state index in [0.717, 1.165) is 17.0 Å². The summed E-state index contributed by atoms with van der Waals surface area (Å²) in [6, 6.07) is 13.9. The molecule has 2 N–H and O–H groups in total. The average Bonchev–Trinajstić information content (AvgIpc) is 3.23. The molecule has 0 spiro atoms. The summed E-state index contributed by atoms with van der Waals surface area (Å²) in [7, 11) is -2.25. The Balaban J connectivity index is 1.40. The van der Waals surface area contributed by atoms with E-state index in [0.29, 0.717) is 12.1 Å². The van der Waals surface area contributed by atoms with Crippen molar-refractivity contribution in [2.24, 2.45) is 13.0 Å². The molecule has 0 radical (unpaired) electrons. The number of fused-ring (bicyclic) bond motifs is 1. The zero-order valence-electron chi connectivity index (χ0n) is 21.7. The molecule has 2 heterocycles. The zero-order valence-corrected chi connectivity index (χ0v) is 22.5. The van der Waals surface area contributed by atoms with Gasteiger partial charge in [0.25, 0.3) is 5.91 Å². The van der Waals surface area contributed by atoms with Gasteiger partial charge in [-0.2, -0.15) is 4.31 Å². The third-order valence-corrected chi connectivity index (χ3v) is 8.47. The van der Waals surface area contributed by atoms with E-state index in [2.05, 4.69) is 10.6 Å². The summed E-state index contributed by atoms with van der Waals surface area (Å²) in [4.78, 5) is 25.8. The first-order valence-corrected chi connectivity index (χ1v) is 14.0. The lowest BCUT2D eigenvalue weighted by atomic mass is 10.0. The fourth-order valence-electron chi connectivity index (χ4n) is 4.61. The van der Waals surface area contributed by atoms with Crippen molar-refractivity contribution in [2.75, 3.05) is 26.2 Å². The van der Waals surface area contributed by atoms with Crippen LogP contribution in [0, 0.1) is 11.7 Å². The van der Waals surface area contributed by atoms with Gasteiger partial charge in [-0.05, 0) is 36.6 Å². The van der Waals surface area contributed by atoms with Gasteiger partial charge < -0.3 is 19.9 Å². The van der Waals surface area contributed by atoms with Crippen molar-refractivity contribution in [1.82, 2.24) is 19.5 Å². The molecule has 0 aliphatic carbocycles. The van der Waals surface area contributed by atoms with Crippen LogP contribution >= 0.6 is 0 Å². The van der Waals surface area contributed by atoms with Crippen molar-refractivity contribution in [3.63, 3.8) is 0 Å². The summed E-state index contributed by atoms with van der Waals surface area (Å²) in [6.07, 6.45) is -0.205. The van der Waals surface area contributed by atoms with Crippen molar-refractivity contribution >= 4 is 32.7 Å². The fraction of sp³-hybridized carbons (Fsp3) is 0.407. The molecule has 1 unspecified atom stereocenters. The minimum absolute atomic E-state index is 0.0336. The Morgan fingerprint density at radius 3 is 2.55 bits per heavy atom. The molecule has 1 fully saturated rings. The number of rotatable bonds is 9. The molecule has 1 saturated heterocycles. The number of para-hydroxylation sites is 1. The Labute approximate surface area is 222 Å². The second-order valence-electron chi connectivity index (χ2n) is 9.83. The van der Waals surface area contributed by atoms with Crippen LogP contribution in [0.2, 0.25) is 0 Å². The van der Waals surface area contributed by atoms with Gasteiger partial charge in [-0.15, -0.1) is 0 Å². The first-order chi connectivity index (χ1) is 18.1. The normalized spacial score (nSPS) is 17.4. The van der Waals surface area contributed by atoms with Crippen molar-refractivity contribution < 1.29 is 27.1 Å². The number of benzene rings is 2. The number of carbonyl (C=O) groups is 2. The predicted octanol–water partition coefficient (Wildman–Crippen LogP) is 2.67. The number of aryl methyl sites for hydroxylation is 1. The van der Waals surface area contributed by atoms with E-state index in [1.54, 1.807) is 17.7 Å². The van der Waals surface area contributed by atoms with Gasteiger partial charge in [0.2, 0.25) is 15.9 Å². The lowest BCUT2D eigenvalue weighted by Gasteiger charge is -2.32. The molecule has 1 aliphatic heterocycles. The molecular formula is C27H33FN4O5S. The summed E-state index contributed by atoms with van der Waals surface area (Å²) >= 11 is 0. The summed E-state index contributed by atoms with van der Waals surface area (Å²) in [5.41, 5.74) is 1.35. The molecular weight excluding hydrogens is 511 g/mol. The van der Waals surface area contributed by atoms with Gasteiger partial charge in [-0.25, -0.2) is 12.8 Å². The topological polar surface area (TPSA) is 110 Å². The molecule has 4 rings (SSSR count). The van der Waals surface area contributed by atoms with E-state index in [1.807, 2.05) is 38.1 Å². The van der Waals surface area contributed by atoms with E-state index in [1.165, 1.54) is 22.5 Å². The molecule has 204 valence electrons. The van der Waals surface area contributed by atoms with Crippen molar-refractivity contribution in [2.45, 2.75) is 37.3 Å². The molecule has 0 saturated carbocycles. The van der Waals surface area contributed by atoms with E-state index < -0.39 is 32.9 Å². The highest BCUT2D eigenvalue weighted by Gasteiger charge is 2.33. The van der Waals surface area contributed by atoms with E-state index in [9.17, 15) is 22.4 Å². The van der Waals surface area contributed by atoms with Gasteiger partial charge in [0.15, 0.2) is 0 Å². The highest BCUT2D eigenvalue weighted by Crippen LogP contribution is 2.22. The number of hydrogen-bond acceptors (Lipinski definition) is 5. The Hall–Kier alpha value is -3.28. The SMILES string of the molecule is CC(C)C[C@H](NC(=O)c1cc2ccccc2n1C)C(=O)NCC1CN(S(=O)(=O)c2ccccc2F)CCO1. The molecule has 9 nitrogen and oxygen atoms in total. The Bertz CT molecular complexity index is 1420. The predicted molar refractivity (Wildman–Crippen MR) is 142 cm³/mol. The van der Waals surface area contributed by atoms with Crippen LogP contribution in [0.3, 0.4) is 0 Å². The summed E-state index contributed by atoms with van der Waals surface area (Å²) in [5.74, 6) is -1.43. The number of nitrogens with one attached hydrogen (secondary N) is 2. The Kier molecular flexibility index (Phi) is 8.49. The summed E-state index contributed by atoms with van der Waals surface area (Å²) in [5, 5.41) is 6.58. The quantitative estimate of drug-likeness (QED) is 0.431. The van der Waals surface area contributed by atoms with Gasteiger partial charge in [-0.1, -0.05) is 44.2 Å². The van der Waals surface area contributed by atoms with Gasteiger partial charge in [-0.3, -0.25) is 9.59 Å². The second kappa shape index (κ2) is 11.6. The molecule has 38 heavy (non-hydrogen) atoms. The highest BCUT2D eigenvalue weighted by atomic mass is 32.2. The van der Waals surface area contributed by atoms with Crippen molar-refractivity contribution in [1.29, 1.82) is 0 Å². The molecule has 3 aromatic rings. The average molecular weight is 545 g/mol. The zero-order chi connectivity index (χ0) is 27.4. The minimum Gasteiger partial charge on any atom is -0.374 e. The fourth-order valence-corrected chi connectivity index (χ4v) is 6.13. The second-order valence-corrected chi connectivity index (χ2v) is 11.7. The first kappa shape index (κ1) is 27.7. The third kappa shape index (κ3) is 6.06. The maximum atomic E-state index is 14.2. The van der Waals surface area contributed by atoms with Crippen LogP contribution in [-0.4, -0.2) is 67.5 Å². The molecule has 0 bridgehead atoms. The minimum atomic E-state index is -4.05. The number of sulfonamides is 1. The standard InChI is InChI=1S/C27H33FN4O5S/c1-18(2)14-22(30-27(34)24-15-19-8-4-6-10-23(19)31(24)3)26(33)29-16-20-17-32(12-13-37-20)38(35,36)25-11-7-5-9-21(25)28/h4-11,15,18,20,22H,12-14,16-17H2,1-3H3,(H,29,33)(H,30,34)/t20?,22-/m0/s1. The van der Waals surface area contributed by atoms with Crippen molar-refractivity contribution in [3.05, 3.63) is 66.1 Å². The molecule has 2 amide bonds. The largest absolute Gasteiger partial charge is 0.374 e. The number of halogens is 1. The smallest absolute Gasteiger partial charge is 0.268 e. The van der Waals surface area contributed by atoms with E-state index in [-0.39, 0.29) is 44.0 Å². The van der Waals surface area contributed by atoms with Gasteiger partial charge in [0, 0.05) is 37.6 Å². The molecule has 11 heteroatoms. The van der Waals surface area contributed by atoms with Crippen LogP contribution in [0.5, 0.6) is 0 Å². The highest BCUT2D eigenvalue weighted by molar-refractivity contribution is 7.89. The van der Waals surface area contributed by atoms with Crippen molar-refractivity contribution in [3.8, 4) is 0 Å². The van der Waals surface area contributed by atoms with Gasteiger partial charge in [0.1, 0.15) is 22.4 Å². The van der Waals surface area contributed by atoms with Gasteiger partial charge >= 0.3 is 0 Å². The van der Waals surface area contributed by atoms with Crippen LogP contribution in [-0.2, 0) is 26.6 Å². The molecule has 2 atom stereocenters. The van der Waals surface area contributed by atoms with Gasteiger partial charge in [0.05, 0.1) is 12.7 Å². The van der Waals surface area contributed by atoms with Crippen LogP contribution < -0.4 is 10.6 Å². The van der Waals surface area contributed by atoms with E-state index in [4.69, 9.17) is 4.74 Å². The van der Waals surface area contributed by atoms with Crippen LogP contribution in [0.4, 0.5) is 4.39 Å². The van der Waals surface area contributed by atoms with Crippen LogP contribution in [0.15, 0.2) is 59.5 Å². The Morgan fingerprint density at radius 1 is 1.13 bits per heavy atom. The monoisotopic (exact) mass is 544 g/mol. The number of morpholine rings is 1. The van der Waals surface area contributed by atoms with Crippen LogP contribution in [0.1, 0.15) is 30.8 Å². The lowest BCUT2D eigenvalue weighted by molar-refractivity contribution is -0.124. The summed E-state index contributed by atoms with van der Waals surface area (Å²) < 4.78 is 48.7. The lowest BCUT2D eigenvalue weighted by Crippen LogP contribution is -2.53. The maximum Gasteiger partial charge on any atom is 0.268 e. The summed E-state index contributed by atoms with van der Waals surface area (Å²) in [6.45, 7) is 4.12.